The van der Waals surface area contributed by atoms with Crippen molar-refractivity contribution in [1.29, 1.82) is 0 Å². The quantitative estimate of drug-likeness (QED) is 0.368. The van der Waals surface area contributed by atoms with Crippen LogP contribution in [0.1, 0.15) is 17.5 Å². The lowest BCUT2D eigenvalue weighted by Gasteiger charge is -2.11. The van der Waals surface area contributed by atoms with Gasteiger partial charge in [0.2, 0.25) is 0 Å². The van der Waals surface area contributed by atoms with Crippen molar-refractivity contribution in [3.63, 3.8) is 0 Å². The van der Waals surface area contributed by atoms with Gasteiger partial charge in [-0.1, -0.05) is 60.7 Å². The lowest BCUT2D eigenvalue weighted by atomic mass is 10.0. The Balaban J connectivity index is 1.88. The van der Waals surface area contributed by atoms with Gasteiger partial charge in [0, 0.05) is 0 Å². The second-order valence-corrected chi connectivity index (χ2v) is 4.99. The summed E-state index contributed by atoms with van der Waals surface area (Å²) in [5.74, 6) is -0.925. The van der Waals surface area contributed by atoms with E-state index in [-0.39, 0.29) is 12.6 Å². The lowest BCUT2D eigenvalue weighted by molar-refractivity contribution is -0.147. The number of carbonyl (C=O) groups is 1. The first-order chi connectivity index (χ1) is 10.8. The van der Waals surface area contributed by atoms with Gasteiger partial charge in [0.1, 0.15) is 6.61 Å². The third-order valence-electron chi connectivity index (χ3n) is 3.36. The summed E-state index contributed by atoms with van der Waals surface area (Å²) in [5, 5.41) is 11.7. The minimum atomic E-state index is -0.547. The molecule has 0 radical (unpaired) electrons. The summed E-state index contributed by atoms with van der Waals surface area (Å²) < 4.78 is 5.29. The first-order valence-electron chi connectivity index (χ1n) is 7.21. The second kappa shape index (κ2) is 8.62. The molecule has 0 fully saturated rings. The number of hydrogen-bond donors (Lipinski definition) is 1. The summed E-state index contributed by atoms with van der Waals surface area (Å²) >= 11 is 0. The molecular weight excluding hydrogens is 278 g/mol. The average molecular weight is 297 g/mol. The van der Waals surface area contributed by atoms with Crippen LogP contribution in [-0.4, -0.2) is 17.4 Å². The molecule has 1 unspecified atom stereocenters. The fraction of sp³-hybridized carbons (Fsp3) is 0.222. The van der Waals surface area contributed by atoms with E-state index in [0.29, 0.717) is 6.42 Å². The summed E-state index contributed by atoms with van der Waals surface area (Å²) in [6.07, 6.45) is 2.50. The summed E-state index contributed by atoms with van der Waals surface area (Å²) in [6, 6.07) is 19.4. The summed E-state index contributed by atoms with van der Waals surface area (Å²) in [7, 11) is 0. The minimum Gasteiger partial charge on any atom is -0.460 e. The molecule has 1 N–H and O–H groups in total. The van der Waals surface area contributed by atoms with E-state index < -0.39 is 5.92 Å². The first-order valence-corrected chi connectivity index (χ1v) is 7.21. The van der Waals surface area contributed by atoms with Crippen LogP contribution in [-0.2, 0) is 22.6 Å². The molecule has 0 amide bonds. The average Bonchev–Trinajstić information content (AvgIpc) is 2.58. The van der Waals surface area contributed by atoms with Crippen LogP contribution in [0.25, 0.3) is 0 Å². The third kappa shape index (κ3) is 5.05. The molecule has 0 saturated heterocycles. The number of oxime groups is 1. The van der Waals surface area contributed by atoms with E-state index in [1.165, 1.54) is 6.21 Å². The maximum atomic E-state index is 12.1. The van der Waals surface area contributed by atoms with Crippen molar-refractivity contribution in [3.8, 4) is 0 Å². The van der Waals surface area contributed by atoms with E-state index in [1.807, 2.05) is 60.7 Å². The van der Waals surface area contributed by atoms with E-state index in [1.54, 1.807) is 0 Å². The van der Waals surface area contributed by atoms with Crippen LogP contribution in [0.15, 0.2) is 65.8 Å². The van der Waals surface area contributed by atoms with E-state index in [4.69, 9.17) is 9.94 Å². The highest BCUT2D eigenvalue weighted by Crippen LogP contribution is 2.12. The summed E-state index contributed by atoms with van der Waals surface area (Å²) in [6.45, 7) is 0.223. The van der Waals surface area contributed by atoms with Crippen LogP contribution in [0.5, 0.6) is 0 Å². The van der Waals surface area contributed by atoms with E-state index in [9.17, 15) is 4.79 Å². The number of carbonyl (C=O) groups excluding carboxylic acids is 1. The highest BCUT2D eigenvalue weighted by atomic mass is 16.5. The first kappa shape index (κ1) is 15.8. The number of ether oxygens (including phenoxy) is 1. The number of nitrogens with zero attached hydrogens (tertiary/aromatic N) is 1. The van der Waals surface area contributed by atoms with Gasteiger partial charge in [0.05, 0.1) is 12.1 Å². The SMILES string of the molecule is O=C(OCc1ccccc1)C(/C=N\O)CCc1ccccc1. The Bertz CT molecular complexity index is 596. The maximum Gasteiger partial charge on any atom is 0.314 e. The Morgan fingerprint density at radius 3 is 2.23 bits per heavy atom. The molecule has 114 valence electrons. The van der Waals surface area contributed by atoms with Crippen LogP contribution in [0.2, 0.25) is 0 Å². The van der Waals surface area contributed by atoms with Crippen molar-refractivity contribution >= 4 is 12.2 Å². The third-order valence-corrected chi connectivity index (χ3v) is 3.36. The van der Waals surface area contributed by atoms with Crippen molar-refractivity contribution in [3.05, 3.63) is 71.8 Å². The molecule has 0 saturated carbocycles. The molecule has 0 spiro atoms. The maximum absolute atomic E-state index is 12.1. The van der Waals surface area contributed by atoms with Gasteiger partial charge < -0.3 is 9.94 Å². The number of hydrogen-bond acceptors (Lipinski definition) is 4. The fourth-order valence-corrected chi connectivity index (χ4v) is 2.14. The van der Waals surface area contributed by atoms with E-state index in [0.717, 1.165) is 17.5 Å². The largest absolute Gasteiger partial charge is 0.460 e. The molecule has 1 atom stereocenters. The van der Waals surface area contributed by atoms with Gasteiger partial charge in [-0.3, -0.25) is 4.79 Å². The summed E-state index contributed by atoms with van der Waals surface area (Å²) in [4.78, 5) is 12.1. The van der Waals surface area contributed by atoms with Crippen molar-refractivity contribution in [2.24, 2.45) is 11.1 Å². The highest BCUT2D eigenvalue weighted by Gasteiger charge is 2.18. The van der Waals surface area contributed by atoms with Gasteiger partial charge in [-0.2, -0.15) is 0 Å². The molecule has 0 bridgehead atoms. The van der Waals surface area contributed by atoms with Gasteiger partial charge >= 0.3 is 5.97 Å². The Morgan fingerprint density at radius 2 is 1.64 bits per heavy atom. The number of benzene rings is 2. The molecular formula is C18H19NO3. The zero-order valence-electron chi connectivity index (χ0n) is 12.3. The van der Waals surface area contributed by atoms with E-state index >= 15 is 0 Å². The fourth-order valence-electron chi connectivity index (χ4n) is 2.14. The molecule has 2 aromatic rings. The predicted molar refractivity (Wildman–Crippen MR) is 84.8 cm³/mol. The molecule has 0 aliphatic heterocycles. The highest BCUT2D eigenvalue weighted by molar-refractivity contribution is 5.89. The predicted octanol–water partition coefficient (Wildman–Crippen LogP) is 3.44. The minimum absolute atomic E-state index is 0.223. The summed E-state index contributed by atoms with van der Waals surface area (Å²) in [5.41, 5.74) is 2.06. The molecule has 0 aliphatic carbocycles. The van der Waals surface area contributed by atoms with Gasteiger partial charge in [0.15, 0.2) is 0 Å². The number of aryl methyl sites for hydroxylation is 1. The second-order valence-electron chi connectivity index (χ2n) is 4.99. The Kier molecular flexibility index (Phi) is 6.18. The molecule has 4 heteroatoms. The molecule has 2 aromatic carbocycles. The smallest absolute Gasteiger partial charge is 0.314 e. The molecule has 22 heavy (non-hydrogen) atoms. The van der Waals surface area contributed by atoms with Crippen LogP contribution in [0.3, 0.4) is 0 Å². The normalized spacial score (nSPS) is 12.2. The number of esters is 1. The topological polar surface area (TPSA) is 58.9 Å². The standard InChI is InChI=1S/C18H19NO3/c20-18(22-14-16-9-5-2-6-10-16)17(13-19-21)12-11-15-7-3-1-4-8-15/h1-10,13,17,21H,11-12,14H2/b19-13-. The van der Waals surface area contributed by atoms with Crippen LogP contribution in [0, 0.1) is 5.92 Å². The molecule has 2 rings (SSSR count). The Hall–Kier alpha value is -2.62. The number of rotatable bonds is 7. The molecule has 0 aliphatic rings. The van der Waals surface area contributed by atoms with Gasteiger partial charge in [-0.25, -0.2) is 0 Å². The van der Waals surface area contributed by atoms with Crippen molar-refractivity contribution in [2.75, 3.05) is 0 Å². The zero-order valence-corrected chi connectivity index (χ0v) is 12.3. The van der Waals surface area contributed by atoms with Gasteiger partial charge in [0.25, 0.3) is 0 Å². The monoisotopic (exact) mass is 297 g/mol. The lowest BCUT2D eigenvalue weighted by Crippen LogP contribution is -2.20. The Morgan fingerprint density at radius 1 is 1.05 bits per heavy atom. The Labute approximate surface area is 130 Å². The van der Waals surface area contributed by atoms with Crippen LogP contribution >= 0.6 is 0 Å². The van der Waals surface area contributed by atoms with Crippen LogP contribution < -0.4 is 0 Å². The van der Waals surface area contributed by atoms with E-state index in [2.05, 4.69) is 5.16 Å². The zero-order chi connectivity index (χ0) is 15.6. The van der Waals surface area contributed by atoms with Gasteiger partial charge in [-0.05, 0) is 24.0 Å². The van der Waals surface area contributed by atoms with Crippen LogP contribution in [0.4, 0.5) is 0 Å². The van der Waals surface area contributed by atoms with Gasteiger partial charge in [-0.15, -0.1) is 5.16 Å². The molecule has 4 nitrogen and oxygen atoms in total. The van der Waals surface area contributed by atoms with Crippen molar-refractivity contribution in [1.82, 2.24) is 0 Å². The van der Waals surface area contributed by atoms with Crippen molar-refractivity contribution in [2.45, 2.75) is 19.4 Å². The van der Waals surface area contributed by atoms with Crippen molar-refractivity contribution < 1.29 is 14.7 Å². The molecule has 0 heterocycles. The molecule has 0 aromatic heterocycles.